The van der Waals surface area contributed by atoms with Gasteiger partial charge < -0.3 is 10.2 Å². The number of rotatable bonds is 4. The Hall–Kier alpha value is -1.88. The number of aromatic nitrogens is 3. The summed E-state index contributed by atoms with van der Waals surface area (Å²) >= 11 is 0. The predicted molar refractivity (Wildman–Crippen MR) is 79.5 cm³/mol. The van der Waals surface area contributed by atoms with Gasteiger partial charge in [-0.3, -0.25) is 4.68 Å². The van der Waals surface area contributed by atoms with Gasteiger partial charge in [0.2, 0.25) is 0 Å². The lowest BCUT2D eigenvalue weighted by atomic mass is 10.0. The first-order valence-electron chi connectivity index (χ1n) is 7.19. The maximum Gasteiger partial charge on any atom is 0.128 e. The zero-order valence-electron chi connectivity index (χ0n) is 11.9. The molecular formula is C15H21N5. The smallest absolute Gasteiger partial charge is 0.128 e. The maximum absolute atomic E-state index is 4.42. The fraction of sp³-hybridized carbons (Fsp3) is 0.467. The second kappa shape index (κ2) is 6.05. The van der Waals surface area contributed by atoms with Gasteiger partial charge >= 0.3 is 0 Å². The molecule has 1 aliphatic rings. The lowest BCUT2D eigenvalue weighted by molar-refractivity contribution is 0.410. The van der Waals surface area contributed by atoms with Crippen LogP contribution in [0.1, 0.15) is 18.5 Å². The third-order valence-corrected chi connectivity index (χ3v) is 3.81. The number of hydrogen-bond acceptors (Lipinski definition) is 4. The third-order valence-electron chi connectivity index (χ3n) is 3.81. The summed E-state index contributed by atoms with van der Waals surface area (Å²) in [6.07, 6.45) is 6.16. The fourth-order valence-electron chi connectivity index (χ4n) is 2.66. The average Bonchev–Trinajstić information content (AvgIpc) is 2.92. The van der Waals surface area contributed by atoms with E-state index in [0.717, 1.165) is 44.0 Å². The molecule has 2 aromatic rings. The minimum atomic E-state index is 0.581. The molecule has 0 amide bonds. The Morgan fingerprint density at radius 3 is 2.75 bits per heavy atom. The van der Waals surface area contributed by atoms with Crippen molar-refractivity contribution >= 4 is 5.82 Å². The van der Waals surface area contributed by atoms with Crippen molar-refractivity contribution in [3.05, 3.63) is 42.4 Å². The van der Waals surface area contributed by atoms with E-state index in [9.17, 15) is 0 Å². The number of pyridine rings is 1. The van der Waals surface area contributed by atoms with Gasteiger partial charge in [0.05, 0.1) is 5.69 Å². The number of piperidine rings is 1. The van der Waals surface area contributed by atoms with E-state index in [1.165, 1.54) is 0 Å². The molecule has 1 aliphatic heterocycles. The average molecular weight is 271 g/mol. The highest BCUT2D eigenvalue weighted by Crippen LogP contribution is 2.17. The van der Waals surface area contributed by atoms with E-state index in [-0.39, 0.29) is 0 Å². The molecule has 0 atom stereocenters. The first-order valence-corrected chi connectivity index (χ1v) is 7.19. The SMILES string of the molecule is Cn1ccc(CNC2CCN(c3ccccn3)CC2)n1. The number of hydrogen-bond donors (Lipinski definition) is 1. The standard InChI is InChI=1S/C15H21N5/c1-19-9-5-14(18-19)12-17-13-6-10-20(11-7-13)15-4-2-3-8-16-15/h2-5,8-9,13,17H,6-7,10-12H2,1H3. The largest absolute Gasteiger partial charge is 0.357 e. The Balaban J connectivity index is 1.47. The van der Waals surface area contributed by atoms with Crippen molar-refractivity contribution in [2.24, 2.45) is 7.05 Å². The van der Waals surface area contributed by atoms with Crippen LogP contribution in [0.5, 0.6) is 0 Å². The van der Waals surface area contributed by atoms with E-state index in [0.29, 0.717) is 6.04 Å². The van der Waals surface area contributed by atoms with Crippen molar-refractivity contribution in [1.82, 2.24) is 20.1 Å². The van der Waals surface area contributed by atoms with E-state index < -0.39 is 0 Å². The van der Waals surface area contributed by atoms with Gasteiger partial charge in [0.1, 0.15) is 5.82 Å². The van der Waals surface area contributed by atoms with Crippen LogP contribution < -0.4 is 10.2 Å². The zero-order chi connectivity index (χ0) is 13.8. The monoisotopic (exact) mass is 271 g/mol. The lowest BCUT2D eigenvalue weighted by Gasteiger charge is -2.33. The third kappa shape index (κ3) is 3.17. The molecule has 0 spiro atoms. The molecule has 0 radical (unpaired) electrons. The van der Waals surface area contributed by atoms with Crippen LogP contribution in [0.2, 0.25) is 0 Å². The summed E-state index contributed by atoms with van der Waals surface area (Å²) in [6, 6.07) is 8.74. The Kier molecular flexibility index (Phi) is 3.97. The molecule has 0 aliphatic carbocycles. The van der Waals surface area contributed by atoms with Crippen LogP contribution in [0.15, 0.2) is 36.7 Å². The fourth-order valence-corrected chi connectivity index (χ4v) is 2.66. The highest BCUT2D eigenvalue weighted by atomic mass is 15.3. The quantitative estimate of drug-likeness (QED) is 0.917. The van der Waals surface area contributed by atoms with Crippen molar-refractivity contribution in [3.8, 4) is 0 Å². The Labute approximate surface area is 119 Å². The minimum absolute atomic E-state index is 0.581. The van der Waals surface area contributed by atoms with Gasteiger partial charge in [-0.1, -0.05) is 6.07 Å². The number of aryl methyl sites for hydroxylation is 1. The highest BCUT2D eigenvalue weighted by molar-refractivity contribution is 5.38. The molecular weight excluding hydrogens is 250 g/mol. The van der Waals surface area contributed by atoms with E-state index in [1.807, 2.05) is 36.3 Å². The van der Waals surface area contributed by atoms with Crippen LogP contribution in [0, 0.1) is 0 Å². The van der Waals surface area contributed by atoms with E-state index in [2.05, 4.69) is 32.4 Å². The van der Waals surface area contributed by atoms with Gasteiger partial charge in [0, 0.05) is 45.1 Å². The van der Waals surface area contributed by atoms with Crippen molar-refractivity contribution < 1.29 is 0 Å². The lowest BCUT2D eigenvalue weighted by Crippen LogP contribution is -2.42. The van der Waals surface area contributed by atoms with Crippen LogP contribution in [0.4, 0.5) is 5.82 Å². The van der Waals surface area contributed by atoms with E-state index >= 15 is 0 Å². The van der Waals surface area contributed by atoms with Gasteiger partial charge in [0.15, 0.2) is 0 Å². The summed E-state index contributed by atoms with van der Waals surface area (Å²) in [6.45, 7) is 2.99. The molecule has 1 saturated heterocycles. The van der Waals surface area contributed by atoms with Crippen LogP contribution >= 0.6 is 0 Å². The van der Waals surface area contributed by atoms with Gasteiger partial charge in [-0.2, -0.15) is 5.10 Å². The van der Waals surface area contributed by atoms with Crippen LogP contribution in [-0.2, 0) is 13.6 Å². The Morgan fingerprint density at radius 1 is 1.25 bits per heavy atom. The molecule has 106 valence electrons. The van der Waals surface area contributed by atoms with Crippen LogP contribution in [0.3, 0.4) is 0 Å². The molecule has 20 heavy (non-hydrogen) atoms. The summed E-state index contributed by atoms with van der Waals surface area (Å²) in [7, 11) is 1.95. The second-order valence-electron chi connectivity index (χ2n) is 5.31. The highest BCUT2D eigenvalue weighted by Gasteiger charge is 2.19. The molecule has 5 nitrogen and oxygen atoms in total. The number of nitrogens with one attached hydrogen (secondary N) is 1. The first kappa shape index (κ1) is 13.1. The second-order valence-corrected chi connectivity index (χ2v) is 5.31. The van der Waals surface area contributed by atoms with Gasteiger partial charge in [-0.05, 0) is 31.0 Å². The molecule has 1 fully saturated rings. The van der Waals surface area contributed by atoms with Gasteiger partial charge in [-0.15, -0.1) is 0 Å². The van der Waals surface area contributed by atoms with E-state index in [1.54, 1.807) is 0 Å². The van der Waals surface area contributed by atoms with E-state index in [4.69, 9.17) is 0 Å². The molecule has 0 unspecified atom stereocenters. The molecule has 1 N–H and O–H groups in total. The molecule has 3 rings (SSSR count). The molecule has 2 aromatic heterocycles. The molecule has 0 saturated carbocycles. The maximum atomic E-state index is 4.42. The summed E-state index contributed by atoms with van der Waals surface area (Å²) in [4.78, 5) is 6.78. The number of nitrogens with zero attached hydrogens (tertiary/aromatic N) is 4. The van der Waals surface area contributed by atoms with Crippen molar-refractivity contribution in [3.63, 3.8) is 0 Å². The summed E-state index contributed by atoms with van der Waals surface area (Å²) in [5.41, 5.74) is 1.11. The molecule has 0 bridgehead atoms. The number of anilines is 1. The van der Waals surface area contributed by atoms with Crippen LogP contribution in [-0.4, -0.2) is 33.9 Å². The zero-order valence-corrected chi connectivity index (χ0v) is 11.9. The van der Waals surface area contributed by atoms with Crippen molar-refractivity contribution in [2.75, 3.05) is 18.0 Å². The molecule has 3 heterocycles. The van der Waals surface area contributed by atoms with Crippen molar-refractivity contribution in [2.45, 2.75) is 25.4 Å². The predicted octanol–water partition coefficient (Wildman–Crippen LogP) is 1.57. The summed E-state index contributed by atoms with van der Waals surface area (Å²) in [5, 5.41) is 7.99. The molecule has 0 aromatic carbocycles. The topological polar surface area (TPSA) is 46.0 Å². The molecule has 5 heteroatoms. The summed E-state index contributed by atoms with van der Waals surface area (Å²) < 4.78 is 1.85. The van der Waals surface area contributed by atoms with Crippen LogP contribution in [0.25, 0.3) is 0 Å². The van der Waals surface area contributed by atoms with Gasteiger partial charge in [0.25, 0.3) is 0 Å². The Morgan fingerprint density at radius 2 is 2.10 bits per heavy atom. The first-order chi connectivity index (χ1) is 9.81. The van der Waals surface area contributed by atoms with Crippen molar-refractivity contribution in [1.29, 1.82) is 0 Å². The minimum Gasteiger partial charge on any atom is -0.357 e. The Bertz CT molecular complexity index is 528. The van der Waals surface area contributed by atoms with Gasteiger partial charge in [-0.25, -0.2) is 4.98 Å². The summed E-state index contributed by atoms with van der Waals surface area (Å²) in [5.74, 6) is 1.09. The normalized spacial score (nSPS) is 16.6.